The van der Waals surface area contributed by atoms with Crippen molar-refractivity contribution < 1.29 is 17.9 Å². The first-order chi connectivity index (χ1) is 12.8. The number of carbonyl (C=O) groups excluding carboxylic acids is 1. The molecule has 1 fully saturated rings. The van der Waals surface area contributed by atoms with E-state index in [-0.39, 0.29) is 23.0 Å². The Morgan fingerprint density at radius 1 is 1.04 bits per heavy atom. The largest absolute Gasteiger partial charge is 0.373 e. The van der Waals surface area contributed by atoms with Crippen LogP contribution in [-0.2, 0) is 14.8 Å². The third-order valence-corrected chi connectivity index (χ3v) is 6.81. The summed E-state index contributed by atoms with van der Waals surface area (Å²) in [5, 5.41) is 2.80. The predicted octanol–water partition coefficient (Wildman–Crippen LogP) is 3.34. The average molecular weight is 500 g/mol. The van der Waals surface area contributed by atoms with Gasteiger partial charge < -0.3 is 10.1 Å². The van der Waals surface area contributed by atoms with Crippen LogP contribution in [0.4, 0.5) is 5.69 Å². The maximum atomic E-state index is 12.9. The maximum absolute atomic E-state index is 12.9. The molecule has 3 rings (SSSR count). The van der Waals surface area contributed by atoms with E-state index in [1.54, 1.807) is 0 Å². The van der Waals surface area contributed by atoms with Crippen molar-refractivity contribution in [2.45, 2.75) is 31.0 Å². The fraction of sp³-hybridized carbons (Fsp3) is 0.316. The summed E-state index contributed by atoms with van der Waals surface area (Å²) in [7, 11) is -3.61. The fourth-order valence-electron chi connectivity index (χ4n) is 2.99. The number of rotatable bonds is 4. The monoisotopic (exact) mass is 500 g/mol. The average Bonchev–Trinajstić information content (AvgIpc) is 2.63. The number of halogens is 1. The molecule has 144 valence electrons. The minimum Gasteiger partial charge on any atom is -0.373 e. The highest BCUT2D eigenvalue weighted by atomic mass is 127. The van der Waals surface area contributed by atoms with E-state index in [1.807, 2.05) is 38.1 Å². The number of amides is 1. The quantitative estimate of drug-likeness (QED) is 0.654. The lowest BCUT2D eigenvalue weighted by Gasteiger charge is -2.34. The van der Waals surface area contributed by atoms with Gasteiger partial charge in [-0.25, -0.2) is 8.42 Å². The van der Waals surface area contributed by atoms with Crippen LogP contribution < -0.4 is 5.32 Å². The summed E-state index contributed by atoms with van der Waals surface area (Å²) < 4.78 is 33.8. The van der Waals surface area contributed by atoms with Crippen molar-refractivity contribution in [1.82, 2.24) is 4.31 Å². The topological polar surface area (TPSA) is 75.7 Å². The molecule has 0 unspecified atom stereocenters. The van der Waals surface area contributed by atoms with Crippen LogP contribution >= 0.6 is 22.6 Å². The molecular formula is C19H21IN2O4S. The molecule has 2 atom stereocenters. The van der Waals surface area contributed by atoms with Gasteiger partial charge in [-0.3, -0.25) is 4.79 Å². The molecule has 0 aliphatic carbocycles. The van der Waals surface area contributed by atoms with Crippen molar-refractivity contribution in [3.05, 3.63) is 57.7 Å². The lowest BCUT2D eigenvalue weighted by Crippen LogP contribution is -2.48. The molecular weight excluding hydrogens is 479 g/mol. The van der Waals surface area contributed by atoms with E-state index in [9.17, 15) is 13.2 Å². The lowest BCUT2D eigenvalue weighted by atomic mass is 10.2. The van der Waals surface area contributed by atoms with Gasteiger partial charge in [-0.05, 0) is 85.0 Å². The van der Waals surface area contributed by atoms with E-state index in [2.05, 4.69) is 27.9 Å². The number of ether oxygens (including phenoxy) is 1. The van der Waals surface area contributed by atoms with Gasteiger partial charge in [-0.1, -0.05) is 0 Å². The zero-order valence-corrected chi connectivity index (χ0v) is 18.0. The third kappa shape index (κ3) is 4.87. The zero-order valence-electron chi connectivity index (χ0n) is 15.1. The Morgan fingerprint density at radius 3 is 2.15 bits per heavy atom. The number of hydrogen-bond acceptors (Lipinski definition) is 4. The Morgan fingerprint density at radius 2 is 1.59 bits per heavy atom. The normalized spacial score (nSPS) is 21.0. The van der Waals surface area contributed by atoms with Crippen LogP contribution in [0.5, 0.6) is 0 Å². The molecule has 2 aromatic rings. The summed E-state index contributed by atoms with van der Waals surface area (Å²) in [6.45, 7) is 4.36. The molecule has 1 aliphatic heterocycles. The Hall–Kier alpha value is -1.49. The second-order valence-electron chi connectivity index (χ2n) is 6.56. The second-order valence-corrected chi connectivity index (χ2v) is 9.75. The maximum Gasteiger partial charge on any atom is 0.255 e. The van der Waals surface area contributed by atoms with Gasteiger partial charge in [0.25, 0.3) is 5.91 Å². The molecule has 1 amide bonds. The van der Waals surface area contributed by atoms with Gasteiger partial charge in [0, 0.05) is 27.9 Å². The molecule has 1 heterocycles. The van der Waals surface area contributed by atoms with Crippen molar-refractivity contribution >= 4 is 44.2 Å². The van der Waals surface area contributed by atoms with E-state index in [0.717, 1.165) is 3.57 Å². The summed E-state index contributed by atoms with van der Waals surface area (Å²) in [5.74, 6) is -0.284. The Balaban J connectivity index is 1.74. The van der Waals surface area contributed by atoms with Crippen LogP contribution in [0.1, 0.15) is 24.2 Å². The minimum absolute atomic E-state index is 0.150. The van der Waals surface area contributed by atoms with E-state index >= 15 is 0 Å². The Labute approximate surface area is 173 Å². The molecule has 0 aromatic heterocycles. The smallest absolute Gasteiger partial charge is 0.255 e. The number of benzene rings is 2. The summed E-state index contributed by atoms with van der Waals surface area (Å²) in [6, 6.07) is 13.4. The predicted molar refractivity (Wildman–Crippen MR) is 112 cm³/mol. The number of nitrogens with one attached hydrogen (secondary N) is 1. The molecule has 27 heavy (non-hydrogen) atoms. The van der Waals surface area contributed by atoms with Gasteiger partial charge in [0.2, 0.25) is 10.0 Å². The zero-order chi connectivity index (χ0) is 19.6. The van der Waals surface area contributed by atoms with Gasteiger partial charge >= 0.3 is 0 Å². The lowest BCUT2D eigenvalue weighted by molar-refractivity contribution is -0.0440. The standard InChI is InChI=1S/C19H21IN2O4S/c1-13-11-22(12-14(2)26-13)27(24,25)18-9-3-15(4-10-18)19(23)21-17-7-5-16(20)6-8-17/h3-10,13-14H,11-12H2,1-2H3,(H,21,23)/t13-,14-/m0/s1. The van der Waals surface area contributed by atoms with Gasteiger partial charge in [-0.2, -0.15) is 4.31 Å². The van der Waals surface area contributed by atoms with E-state index in [1.165, 1.54) is 28.6 Å². The molecule has 0 saturated carbocycles. The van der Waals surface area contributed by atoms with Crippen molar-refractivity contribution in [3.63, 3.8) is 0 Å². The molecule has 1 saturated heterocycles. The first kappa shape index (κ1) is 20.2. The van der Waals surface area contributed by atoms with Crippen LogP contribution in [-0.4, -0.2) is 43.9 Å². The number of carbonyl (C=O) groups is 1. The third-order valence-electron chi connectivity index (χ3n) is 4.24. The van der Waals surface area contributed by atoms with Crippen LogP contribution in [0.15, 0.2) is 53.4 Å². The molecule has 0 bridgehead atoms. The van der Waals surface area contributed by atoms with Crippen LogP contribution in [0.25, 0.3) is 0 Å². The molecule has 6 nitrogen and oxygen atoms in total. The fourth-order valence-corrected chi connectivity index (χ4v) is 4.94. The van der Waals surface area contributed by atoms with Crippen molar-refractivity contribution in [2.75, 3.05) is 18.4 Å². The van der Waals surface area contributed by atoms with Crippen LogP contribution in [0.2, 0.25) is 0 Å². The Kier molecular flexibility index (Phi) is 6.19. The highest BCUT2D eigenvalue weighted by Gasteiger charge is 2.32. The number of sulfonamides is 1. The molecule has 1 N–H and O–H groups in total. The minimum atomic E-state index is -3.61. The highest BCUT2D eigenvalue weighted by molar-refractivity contribution is 14.1. The summed E-state index contributed by atoms with van der Waals surface area (Å²) in [5.41, 5.74) is 1.09. The van der Waals surface area contributed by atoms with Crippen molar-refractivity contribution in [2.24, 2.45) is 0 Å². The van der Waals surface area contributed by atoms with Crippen LogP contribution in [0.3, 0.4) is 0 Å². The summed E-state index contributed by atoms with van der Waals surface area (Å²) in [4.78, 5) is 12.5. The van der Waals surface area contributed by atoms with Gasteiger partial charge in [0.05, 0.1) is 17.1 Å². The summed E-state index contributed by atoms with van der Waals surface area (Å²) in [6.07, 6.45) is -0.301. The van der Waals surface area contributed by atoms with E-state index in [4.69, 9.17) is 4.74 Å². The van der Waals surface area contributed by atoms with E-state index in [0.29, 0.717) is 24.3 Å². The van der Waals surface area contributed by atoms with Crippen molar-refractivity contribution in [3.8, 4) is 0 Å². The molecule has 1 aliphatic rings. The number of morpholine rings is 1. The number of anilines is 1. The SMILES string of the molecule is C[C@H]1CN(S(=O)(=O)c2ccc(C(=O)Nc3ccc(I)cc3)cc2)C[C@H](C)O1. The molecule has 2 aromatic carbocycles. The number of hydrogen-bond donors (Lipinski definition) is 1. The first-order valence-corrected chi connectivity index (χ1v) is 11.1. The molecule has 8 heteroatoms. The summed E-state index contributed by atoms with van der Waals surface area (Å²) >= 11 is 2.19. The van der Waals surface area contributed by atoms with Gasteiger partial charge in [0.1, 0.15) is 0 Å². The van der Waals surface area contributed by atoms with Crippen molar-refractivity contribution in [1.29, 1.82) is 0 Å². The first-order valence-electron chi connectivity index (χ1n) is 8.58. The van der Waals surface area contributed by atoms with E-state index < -0.39 is 10.0 Å². The van der Waals surface area contributed by atoms with Crippen LogP contribution in [0, 0.1) is 3.57 Å². The second kappa shape index (κ2) is 8.26. The molecule has 0 spiro atoms. The highest BCUT2D eigenvalue weighted by Crippen LogP contribution is 2.22. The van der Waals surface area contributed by atoms with Gasteiger partial charge in [-0.15, -0.1) is 0 Å². The Bertz CT molecular complexity index is 904. The number of nitrogens with zero attached hydrogens (tertiary/aromatic N) is 1. The molecule has 0 radical (unpaired) electrons. The van der Waals surface area contributed by atoms with Gasteiger partial charge in [0.15, 0.2) is 0 Å².